The number of hydrogen-bond acceptors (Lipinski definition) is 3. The number of nitrogens with one attached hydrogen (secondary N) is 1. The summed E-state index contributed by atoms with van der Waals surface area (Å²) in [6, 6.07) is 6.31. The van der Waals surface area contributed by atoms with Crippen molar-refractivity contribution in [1.82, 2.24) is 5.32 Å². The lowest BCUT2D eigenvalue weighted by Crippen LogP contribution is -2.23. The average Bonchev–Trinajstić information content (AvgIpc) is 2.74. The van der Waals surface area contributed by atoms with Crippen LogP contribution in [-0.2, 0) is 6.42 Å². The molecule has 1 aromatic carbocycles. The fraction of sp³-hybridized carbons (Fsp3) is 0.500. The molecule has 2 nitrogen and oxygen atoms in total. The van der Waals surface area contributed by atoms with Crippen LogP contribution in [0.4, 0.5) is 0 Å². The number of phenolic OH excluding ortho intramolecular Hbond substituents is 1. The van der Waals surface area contributed by atoms with Gasteiger partial charge in [-0.2, -0.15) is 0 Å². The van der Waals surface area contributed by atoms with Crippen molar-refractivity contribution in [3.8, 4) is 5.75 Å². The summed E-state index contributed by atoms with van der Waals surface area (Å²) in [5, 5.41) is 13.3. The molecule has 1 aliphatic heterocycles. The Morgan fingerprint density at radius 3 is 3.07 bits per heavy atom. The van der Waals surface area contributed by atoms with Crippen molar-refractivity contribution in [2.24, 2.45) is 0 Å². The Bertz CT molecular complexity index is 334. The molecule has 1 saturated heterocycles. The predicted octanol–water partition coefficient (Wildman–Crippen LogP) is 2.41. The third kappa shape index (κ3) is 2.47. The highest BCUT2D eigenvalue weighted by Crippen LogP contribution is 2.30. The SMILES string of the molecule is CSc1cccc(O)c1CC1CCCN1. The lowest BCUT2D eigenvalue weighted by Gasteiger charge is -2.14. The van der Waals surface area contributed by atoms with Gasteiger partial charge in [-0.15, -0.1) is 11.8 Å². The minimum Gasteiger partial charge on any atom is -0.508 e. The zero-order valence-electron chi connectivity index (χ0n) is 8.99. The van der Waals surface area contributed by atoms with Gasteiger partial charge in [-0.1, -0.05) is 6.07 Å². The van der Waals surface area contributed by atoms with Crippen molar-refractivity contribution in [2.75, 3.05) is 12.8 Å². The molecule has 3 heteroatoms. The first-order valence-electron chi connectivity index (χ1n) is 5.39. The van der Waals surface area contributed by atoms with E-state index in [4.69, 9.17) is 0 Å². The first-order valence-corrected chi connectivity index (χ1v) is 6.62. The van der Waals surface area contributed by atoms with Crippen LogP contribution in [0.3, 0.4) is 0 Å². The molecule has 0 bridgehead atoms. The fourth-order valence-electron chi connectivity index (χ4n) is 2.13. The molecule has 2 rings (SSSR count). The molecule has 0 amide bonds. The molecule has 1 fully saturated rings. The summed E-state index contributed by atoms with van der Waals surface area (Å²) in [6.07, 6.45) is 5.48. The van der Waals surface area contributed by atoms with Crippen molar-refractivity contribution in [3.05, 3.63) is 23.8 Å². The molecule has 0 aliphatic carbocycles. The van der Waals surface area contributed by atoms with Crippen LogP contribution in [0.15, 0.2) is 23.1 Å². The minimum atomic E-state index is 0.440. The number of phenols is 1. The van der Waals surface area contributed by atoms with Gasteiger partial charge < -0.3 is 10.4 Å². The van der Waals surface area contributed by atoms with Gasteiger partial charge in [0.25, 0.3) is 0 Å². The van der Waals surface area contributed by atoms with E-state index in [0.29, 0.717) is 11.8 Å². The topological polar surface area (TPSA) is 32.3 Å². The molecule has 0 aromatic heterocycles. The highest BCUT2D eigenvalue weighted by molar-refractivity contribution is 7.98. The summed E-state index contributed by atoms with van der Waals surface area (Å²) in [6.45, 7) is 1.12. The molecule has 2 N–H and O–H groups in total. The molecule has 82 valence electrons. The molecule has 0 radical (unpaired) electrons. The highest BCUT2D eigenvalue weighted by Gasteiger charge is 2.17. The zero-order chi connectivity index (χ0) is 10.7. The van der Waals surface area contributed by atoms with E-state index in [-0.39, 0.29) is 0 Å². The number of aromatic hydroxyl groups is 1. The van der Waals surface area contributed by atoms with Gasteiger partial charge in [0.05, 0.1) is 0 Å². The summed E-state index contributed by atoms with van der Waals surface area (Å²) in [5.41, 5.74) is 1.10. The lowest BCUT2D eigenvalue weighted by atomic mass is 10.0. The van der Waals surface area contributed by atoms with E-state index in [2.05, 4.69) is 17.6 Å². The van der Waals surface area contributed by atoms with Crippen LogP contribution >= 0.6 is 11.8 Å². The normalized spacial score (nSPS) is 20.7. The number of thioether (sulfide) groups is 1. The second kappa shape index (κ2) is 4.90. The van der Waals surface area contributed by atoms with Gasteiger partial charge in [-0.25, -0.2) is 0 Å². The summed E-state index contributed by atoms with van der Waals surface area (Å²) in [7, 11) is 0. The molecule has 0 spiro atoms. The standard InChI is InChI=1S/C12H17NOS/c1-15-12-6-2-5-11(14)10(12)8-9-4-3-7-13-9/h2,5-6,9,13-14H,3-4,7-8H2,1H3. The summed E-state index contributed by atoms with van der Waals surface area (Å²) < 4.78 is 0. The van der Waals surface area contributed by atoms with Crippen molar-refractivity contribution in [1.29, 1.82) is 0 Å². The maximum atomic E-state index is 9.84. The van der Waals surface area contributed by atoms with Crippen molar-refractivity contribution in [2.45, 2.75) is 30.2 Å². The number of benzene rings is 1. The van der Waals surface area contributed by atoms with E-state index in [0.717, 1.165) is 18.5 Å². The van der Waals surface area contributed by atoms with Crippen LogP contribution in [-0.4, -0.2) is 23.9 Å². The van der Waals surface area contributed by atoms with Gasteiger partial charge in [0.15, 0.2) is 0 Å². The second-order valence-electron chi connectivity index (χ2n) is 3.96. The molecule has 15 heavy (non-hydrogen) atoms. The van der Waals surface area contributed by atoms with Crippen molar-refractivity contribution >= 4 is 11.8 Å². The Hall–Kier alpha value is -0.670. The van der Waals surface area contributed by atoms with Gasteiger partial charge >= 0.3 is 0 Å². The van der Waals surface area contributed by atoms with Crippen LogP contribution < -0.4 is 5.32 Å². The largest absolute Gasteiger partial charge is 0.508 e. The van der Waals surface area contributed by atoms with Crippen LogP contribution in [0.25, 0.3) is 0 Å². The number of hydrogen-bond donors (Lipinski definition) is 2. The molecule has 0 saturated carbocycles. The first-order chi connectivity index (χ1) is 7.31. The Balaban J connectivity index is 2.17. The van der Waals surface area contributed by atoms with Crippen LogP contribution in [0.2, 0.25) is 0 Å². The maximum absolute atomic E-state index is 9.84. The van der Waals surface area contributed by atoms with E-state index in [1.807, 2.05) is 6.07 Å². The third-order valence-corrected chi connectivity index (χ3v) is 3.76. The van der Waals surface area contributed by atoms with Crippen LogP contribution in [0, 0.1) is 0 Å². The van der Waals surface area contributed by atoms with E-state index in [9.17, 15) is 5.11 Å². The summed E-state index contributed by atoms with van der Waals surface area (Å²) >= 11 is 1.71. The Labute approximate surface area is 95.1 Å². The Morgan fingerprint density at radius 1 is 1.53 bits per heavy atom. The van der Waals surface area contributed by atoms with Crippen LogP contribution in [0.1, 0.15) is 18.4 Å². The van der Waals surface area contributed by atoms with E-state index < -0.39 is 0 Å². The fourth-order valence-corrected chi connectivity index (χ4v) is 2.78. The average molecular weight is 223 g/mol. The molecule has 1 unspecified atom stereocenters. The van der Waals surface area contributed by atoms with Gasteiger partial charge in [-0.3, -0.25) is 0 Å². The summed E-state index contributed by atoms with van der Waals surface area (Å²) in [4.78, 5) is 1.20. The van der Waals surface area contributed by atoms with Gasteiger partial charge in [0, 0.05) is 16.5 Å². The lowest BCUT2D eigenvalue weighted by molar-refractivity contribution is 0.459. The smallest absolute Gasteiger partial charge is 0.119 e. The van der Waals surface area contributed by atoms with Crippen molar-refractivity contribution in [3.63, 3.8) is 0 Å². The highest BCUT2D eigenvalue weighted by atomic mass is 32.2. The zero-order valence-corrected chi connectivity index (χ0v) is 9.81. The molecular formula is C12H17NOS. The van der Waals surface area contributed by atoms with Crippen molar-refractivity contribution < 1.29 is 5.11 Å². The summed E-state index contributed by atoms with van der Waals surface area (Å²) in [5.74, 6) is 0.440. The molecule has 1 aliphatic rings. The molecule has 1 aromatic rings. The van der Waals surface area contributed by atoms with Gasteiger partial charge in [-0.05, 0) is 44.2 Å². The Morgan fingerprint density at radius 2 is 2.40 bits per heavy atom. The van der Waals surface area contributed by atoms with Gasteiger partial charge in [0.1, 0.15) is 5.75 Å². The van der Waals surface area contributed by atoms with Gasteiger partial charge in [0.2, 0.25) is 0 Å². The maximum Gasteiger partial charge on any atom is 0.119 e. The minimum absolute atomic E-state index is 0.440. The van der Waals surface area contributed by atoms with E-state index >= 15 is 0 Å². The molecule has 1 heterocycles. The van der Waals surface area contributed by atoms with E-state index in [1.54, 1.807) is 17.8 Å². The second-order valence-corrected chi connectivity index (χ2v) is 4.80. The number of rotatable bonds is 3. The monoisotopic (exact) mass is 223 g/mol. The first kappa shape index (κ1) is 10.8. The van der Waals surface area contributed by atoms with E-state index in [1.165, 1.54) is 17.7 Å². The quantitative estimate of drug-likeness (QED) is 0.772. The van der Waals surface area contributed by atoms with Crippen LogP contribution in [0.5, 0.6) is 5.75 Å². The molecule has 1 atom stereocenters. The predicted molar refractivity (Wildman–Crippen MR) is 64.6 cm³/mol. The molecular weight excluding hydrogens is 206 g/mol. The Kier molecular flexibility index (Phi) is 3.54. The third-order valence-electron chi connectivity index (χ3n) is 2.94.